The molecular formula is C29H30N4O. The zero-order chi connectivity index (χ0) is 23.1. The molecule has 0 spiro atoms. The Morgan fingerprint density at radius 2 is 1.74 bits per heavy atom. The summed E-state index contributed by atoms with van der Waals surface area (Å²) >= 11 is 0. The van der Waals surface area contributed by atoms with Gasteiger partial charge in [-0.25, -0.2) is 4.98 Å². The van der Waals surface area contributed by atoms with Gasteiger partial charge in [0.05, 0.1) is 18.9 Å². The summed E-state index contributed by atoms with van der Waals surface area (Å²) in [5, 5.41) is 8.13. The molecule has 34 heavy (non-hydrogen) atoms. The summed E-state index contributed by atoms with van der Waals surface area (Å²) in [6.07, 6.45) is 13.2. The Bertz CT molecular complexity index is 1440. The predicted molar refractivity (Wildman–Crippen MR) is 137 cm³/mol. The van der Waals surface area contributed by atoms with Gasteiger partial charge in [-0.2, -0.15) is 5.10 Å². The molecule has 0 atom stereocenters. The van der Waals surface area contributed by atoms with Crippen LogP contribution >= 0.6 is 0 Å². The van der Waals surface area contributed by atoms with E-state index in [-0.39, 0.29) is 0 Å². The summed E-state index contributed by atoms with van der Waals surface area (Å²) in [6, 6.07) is 17.2. The normalized spacial score (nSPS) is 18.6. The molecule has 5 heteroatoms. The standard InChI is InChI=1S/C29H30N4O/c1-32-18-27(21-10-12-25(13-11-21)34-19-20-6-4-3-5-7-20)28-26-14-22(24-16-31-33(2)17-24)8-9-23(26)15-30-29(28)32/h3-9,14-18,21,25H,10-13,19H2,1-2H3. The highest BCUT2D eigenvalue weighted by Gasteiger charge is 2.26. The first kappa shape index (κ1) is 21.1. The van der Waals surface area contributed by atoms with Crippen molar-refractivity contribution in [2.75, 3.05) is 0 Å². The van der Waals surface area contributed by atoms with Crippen molar-refractivity contribution >= 4 is 21.8 Å². The highest BCUT2D eigenvalue weighted by molar-refractivity contribution is 6.08. The van der Waals surface area contributed by atoms with E-state index < -0.39 is 0 Å². The number of rotatable bonds is 5. The molecule has 1 aliphatic rings. The fourth-order valence-corrected chi connectivity index (χ4v) is 5.48. The molecule has 0 radical (unpaired) electrons. The second-order valence-corrected chi connectivity index (χ2v) is 9.63. The second-order valence-electron chi connectivity index (χ2n) is 9.63. The summed E-state index contributed by atoms with van der Waals surface area (Å²) < 4.78 is 10.3. The van der Waals surface area contributed by atoms with Crippen molar-refractivity contribution < 1.29 is 4.74 Å². The molecule has 3 heterocycles. The Morgan fingerprint density at radius 3 is 2.50 bits per heavy atom. The van der Waals surface area contributed by atoms with Crippen LogP contribution in [0.4, 0.5) is 0 Å². The summed E-state index contributed by atoms with van der Waals surface area (Å²) in [4.78, 5) is 4.83. The molecule has 2 aromatic carbocycles. The van der Waals surface area contributed by atoms with Crippen LogP contribution in [0.3, 0.4) is 0 Å². The lowest BCUT2D eigenvalue weighted by Crippen LogP contribution is -2.20. The predicted octanol–water partition coefficient (Wildman–Crippen LogP) is 6.37. The first-order valence-electron chi connectivity index (χ1n) is 12.2. The van der Waals surface area contributed by atoms with E-state index in [1.807, 2.05) is 24.1 Å². The average Bonchev–Trinajstić information content (AvgIpc) is 3.47. The molecule has 6 rings (SSSR count). The lowest BCUT2D eigenvalue weighted by molar-refractivity contribution is 0.0134. The van der Waals surface area contributed by atoms with Gasteiger partial charge in [0.25, 0.3) is 0 Å². The zero-order valence-electron chi connectivity index (χ0n) is 19.8. The number of hydrogen-bond acceptors (Lipinski definition) is 3. The van der Waals surface area contributed by atoms with Crippen molar-refractivity contribution in [3.63, 3.8) is 0 Å². The minimum Gasteiger partial charge on any atom is -0.374 e. The smallest absolute Gasteiger partial charge is 0.140 e. The molecule has 0 amide bonds. The molecule has 0 aliphatic heterocycles. The first-order valence-corrected chi connectivity index (χ1v) is 12.2. The Labute approximate surface area is 200 Å². The third kappa shape index (κ3) is 3.90. The highest BCUT2D eigenvalue weighted by Crippen LogP contribution is 2.41. The molecule has 5 nitrogen and oxygen atoms in total. The Hall–Kier alpha value is -3.44. The van der Waals surface area contributed by atoms with Gasteiger partial charge in [0.1, 0.15) is 5.65 Å². The van der Waals surface area contributed by atoms with Gasteiger partial charge in [0.15, 0.2) is 0 Å². The van der Waals surface area contributed by atoms with Crippen molar-refractivity contribution in [3.8, 4) is 11.1 Å². The maximum Gasteiger partial charge on any atom is 0.140 e. The number of hydrogen-bond donors (Lipinski definition) is 0. The number of aromatic nitrogens is 4. The molecule has 0 bridgehead atoms. The summed E-state index contributed by atoms with van der Waals surface area (Å²) in [5.41, 5.74) is 6.08. The number of ether oxygens (including phenoxy) is 1. The van der Waals surface area contributed by atoms with E-state index in [9.17, 15) is 0 Å². The largest absolute Gasteiger partial charge is 0.374 e. The topological polar surface area (TPSA) is 44.9 Å². The van der Waals surface area contributed by atoms with Crippen molar-refractivity contribution in [2.45, 2.75) is 44.3 Å². The molecule has 5 aromatic rings. The molecule has 1 fully saturated rings. The fraction of sp³-hybridized carbons (Fsp3) is 0.310. The molecule has 0 N–H and O–H groups in total. The van der Waals surface area contributed by atoms with Crippen LogP contribution < -0.4 is 0 Å². The van der Waals surface area contributed by atoms with Crippen LogP contribution in [0.5, 0.6) is 0 Å². The minimum atomic E-state index is 0.346. The Morgan fingerprint density at radius 1 is 0.912 bits per heavy atom. The minimum absolute atomic E-state index is 0.346. The molecule has 172 valence electrons. The van der Waals surface area contributed by atoms with Crippen LogP contribution in [0.2, 0.25) is 0 Å². The summed E-state index contributed by atoms with van der Waals surface area (Å²) in [7, 11) is 4.08. The van der Waals surface area contributed by atoms with E-state index in [2.05, 4.69) is 77.6 Å². The third-order valence-electron chi connectivity index (χ3n) is 7.31. The fourth-order valence-electron chi connectivity index (χ4n) is 5.48. The molecular weight excluding hydrogens is 420 g/mol. The van der Waals surface area contributed by atoms with E-state index in [1.165, 1.54) is 32.8 Å². The van der Waals surface area contributed by atoms with Crippen molar-refractivity contribution in [1.29, 1.82) is 0 Å². The molecule has 1 aliphatic carbocycles. The maximum absolute atomic E-state index is 6.26. The van der Waals surface area contributed by atoms with Gasteiger partial charge in [0.2, 0.25) is 0 Å². The van der Waals surface area contributed by atoms with Gasteiger partial charge in [-0.3, -0.25) is 4.68 Å². The summed E-state index contributed by atoms with van der Waals surface area (Å²) in [5.74, 6) is 0.537. The molecule has 0 saturated heterocycles. The van der Waals surface area contributed by atoms with E-state index in [1.54, 1.807) is 0 Å². The lowest BCUT2D eigenvalue weighted by Gasteiger charge is -2.28. The number of fused-ring (bicyclic) bond motifs is 3. The Balaban J connectivity index is 1.29. The van der Waals surface area contributed by atoms with Crippen molar-refractivity contribution in [3.05, 3.63) is 84.4 Å². The number of benzene rings is 2. The molecule has 0 unspecified atom stereocenters. The van der Waals surface area contributed by atoms with E-state index >= 15 is 0 Å². The van der Waals surface area contributed by atoms with Gasteiger partial charge in [-0.15, -0.1) is 0 Å². The summed E-state index contributed by atoms with van der Waals surface area (Å²) in [6.45, 7) is 0.704. The van der Waals surface area contributed by atoms with Gasteiger partial charge < -0.3 is 9.30 Å². The van der Waals surface area contributed by atoms with Crippen LogP contribution in [0.1, 0.15) is 42.7 Å². The Kier molecular flexibility index (Phi) is 5.42. The van der Waals surface area contributed by atoms with Crippen molar-refractivity contribution in [1.82, 2.24) is 19.3 Å². The molecule has 1 saturated carbocycles. The van der Waals surface area contributed by atoms with Crippen LogP contribution in [-0.4, -0.2) is 25.4 Å². The average molecular weight is 451 g/mol. The highest BCUT2D eigenvalue weighted by atomic mass is 16.5. The van der Waals surface area contributed by atoms with E-state index in [0.29, 0.717) is 18.6 Å². The number of pyridine rings is 1. The van der Waals surface area contributed by atoms with Gasteiger partial charge in [-0.1, -0.05) is 42.5 Å². The van der Waals surface area contributed by atoms with Crippen LogP contribution in [-0.2, 0) is 25.4 Å². The zero-order valence-corrected chi connectivity index (χ0v) is 19.8. The van der Waals surface area contributed by atoms with E-state index in [0.717, 1.165) is 36.9 Å². The van der Waals surface area contributed by atoms with Crippen molar-refractivity contribution in [2.24, 2.45) is 14.1 Å². The third-order valence-corrected chi connectivity index (χ3v) is 7.31. The van der Waals surface area contributed by atoms with E-state index in [4.69, 9.17) is 9.72 Å². The van der Waals surface area contributed by atoms with Crippen LogP contribution in [0.15, 0.2) is 73.3 Å². The number of aryl methyl sites for hydroxylation is 2. The second kappa shape index (κ2) is 8.73. The van der Waals surface area contributed by atoms with Crippen LogP contribution in [0.25, 0.3) is 32.9 Å². The first-order chi connectivity index (χ1) is 16.7. The van der Waals surface area contributed by atoms with Gasteiger partial charge in [0, 0.05) is 49.0 Å². The van der Waals surface area contributed by atoms with Crippen LogP contribution in [0, 0.1) is 0 Å². The van der Waals surface area contributed by atoms with Gasteiger partial charge in [-0.05, 0) is 59.7 Å². The molecule has 3 aromatic heterocycles. The van der Waals surface area contributed by atoms with Gasteiger partial charge >= 0.3 is 0 Å². The lowest BCUT2D eigenvalue weighted by atomic mass is 9.82. The quantitative estimate of drug-likeness (QED) is 0.312. The monoisotopic (exact) mass is 450 g/mol. The SMILES string of the molecule is Cn1cc(-c2ccc3cnc4c(c(C5CCC(OCc6ccccc6)CC5)cn4C)c3c2)cn1. The number of nitrogens with zero attached hydrogens (tertiary/aromatic N) is 4. The maximum atomic E-state index is 6.26.